The maximum absolute atomic E-state index is 11.2. The molecule has 0 aliphatic heterocycles. The van der Waals surface area contributed by atoms with Crippen LogP contribution < -0.4 is 10.0 Å². The number of aromatic nitrogens is 1. The number of nitriles is 1. The van der Waals surface area contributed by atoms with Crippen molar-refractivity contribution in [2.24, 2.45) is 0 Å². The topological polar surface area (TPSA) is 94.9 Å². The summed E-state index contributed by atoms with van der Waals surface area (Å²) < 4.78 is 24.8. The van der Waals surface area contributed by atoms with Crippen LogP contribution in [0.3, 0.4) is 0 Å². The fourth-order valence-electron chi connectivity index (χ4n) is 1.27. The fourth-order valence-corrected chi connectivity index (χ4v) is 1.89. The third-order valence-corrected chi connectivity index (χ3v) is 3.68. The van der Waals surface area contributed by atoms with Crippen molar-refractivity contribution in [3.63, 3.8) is 0 Å². The van der Waals surface area contributed by atoms with E-state index in [4.69, 9.17) is 5.26 Å². The highest BCUT2D eigenvalue weighted by Crippen LogP contribution is 2.11. The number of hydrogen-bond donors (Lipinski definition) is 2. The summed E-state index contributed by atoms with van der Waals surface area (Å²) in [4.78, 5) is 4.19. The molecule has 0 radical (unpaired) electrons. The molecule has 0 aliphatic rings. The molecule has 0 aliphatic carbocycles. The van der Waals surface area contributed by atoms with E-state index in [-0.39, 0.29) is 12.3 Å². The molecule has 98 valence electrons. The van der Waals surface area contributed by atoms with E-state index in [1.807, 2.05) is 13.0 Å². The summed E-state index contributed by atoms with van der Waals surface area (Å²) in [5.74, 6) is 0.535. The fraction of sp³-hybridized carbons (Fsp3) is 0.455. The van der Waals surface area contributed by atoms with Crippen molar-refractivity contribution in [1.29, 1.82) is 5.26 Å². The van der Waals surface area contributed by atoms with Gasteiger partial charge in [-0.25, -0.2) is 18.1 Å². The van der Waals surface area contributed by atoms with Crippen LogP contribution in [0.25, 0.3) is 0 Å². The minimum absolute atomic E-state index is 0.0547. The number of hydrogen-bond acceptors (Lipinski definition) is 5. The number of sulfonamides is 1. The maximum Gasteiger partial charge on any atom is 0.211 e. The lowest BCUT2D eigenvalue weighted by molar-refractivity contribution is 0.584. The van der Waals surface area contributed by atoms with Gasteiger partial charge in [0.1, 0.15) is 11.9 Å². The largest absolute Gasteiger partial charge is 0.368 e. The van der Waals surface area contributed by atoms with E-state index in [9.17, 15) is 8.42 Å². The predicted octanol–water partition coefficient (Wildman–Crippen LogP) is 0.613. The quantitative estimate of drug-likeness (QED) is 0.737. The second-order valence-electron chi connectivity index (χ2n) is 3.69. The summed E-state index contributed by atoms with van der Waals surface area (Å²) in [7, 11) is -3.17. The van der Waals surface area contributed by atoms with Crippen LogP contribution >= 0.6 is 0 Å². The van der Waals surface area contributed by atoms with Gasteiger partial charge in [-0.2, -0.15) is 5.26 Å². The molecule has 0 unspecified atom stereocenters. The van der Waals surface area contributed by atoms with Crippen LogP contribution in [0.2, 0.25) is 0 Å². The maximum atomic E-state index is 11.2. The Hall–Kier alpha value is -1.65. The zero-order valence-electron chi connectivity index (χ0n) is 10.4. The van der Waals surface area contributed by atoms with Gasteiger partial charge in [0.25, 0.3) is 0 Å². The van der Waals surface area contributed by atoms with Crippen LogP contribution in [0.5, 0.6) is 0 Å². The molecule has 0 spiro atoms. The highest BCUT2D eigenvalue weighted by atomic mass is 32.2. The van der Waals surface area contributed by atoms with Gasteiger partial charge in [-0.3, -0.25) is 0 Å². The first kappa shape index (κ1) is 14.4. The number of pyridine rings is 1. The van der Waals surface area contributed by atoms with Crippen molar-refractivity contribution in [1.82, 2.24) is 9.71 Å². The molecule has 0 bridgehead atoms. The molecule has 2 N–H and O–H groups in total. The van der Waals surface area contributed by atoms with Crippen LogP contribution in [0, 0.1) is 18.3 Å². The molecule has 0 atom stereocenters. The van der Waals surface area contributed by atoms with Gasteiger partial charge in [-0.05, 0) is 26.0 Å². The highest BCUT2D eigenvalue weighted by molar-refractivity contribution is 7.89. The number of nitrogens with one attached hydrogen (secondary N) is 2. The van der Waals surface area contributed by atoms with Crippen molar-refractivity contribution in [2.45, 2.75) is 13.8 Å². The highest BCUT2D eigenvalue weighted by Gasteiger charge is 2.06. The van der Waals surface area contributed by atoms with Crippen LogP contribution in [0.1, 0.15) is 18.2 Å². The Morgan fingerprint density at radius 1 is 1.39 bits per heavy atom. The SMILES string of the molecule is CCS(=O)(=O)NCCNc1nc(C)ccc1C#N. The van der Waals surface area contributed by atoms with Gasteiger partial charge in [0, 0.05) is 18.8 Å². The average Bonchev–Trinajstić information content (AvgIpc) is 2.35. The Kier molecular flexibility index (Phi) is 5.07. The Labute approximate surface area is 107 Å². The molecular weight excluding hydrogens is 252 g/mol. The number of aryl methyl sites for hydroxylation is 1. The molecule has 18 heavy (non-hydrogen) atoms. The van der Waals surface area contributed by atoms with E-state index in [0.29, 0.717) is 17.9 Å². The first-order chi connectivity index (χ1) is 8.48. The molecule has 0 saturated carbocycles. The summed E-state index contributed by atoms with van der Waals surface area (Å²) in [6.45, 7) is 4.04. The summed E-state index contributed by atoms with van der Waals surface area (Å²) >= 11 is 0. The van der Waals surface area contributed by atoms with E-state index < -0.39 is 10.0 Å². The van der Waals surface area contributed by atoms with Gasteiger partial charge < -0.3 is 5.32 Å². The lowest BCUT2D eigenvalue weighted by atomic mass is 10.2. The van der Waals surface area contributed by atoms with Crippen molar-refractivity contribution in [3.05, 3.63) is 23.4 Å². The molecule has 0 fully saturated rings. The molecule has 7 heteroatoms. The summed E-state index contributed by atoms with van der Waals surface area (Å²) in [5, 5.41) is 11.8. The second-order valence-corrected chi connectivity index (χ2v) is 5.78. The summed E-state index contributed by atoms with van der Waals surface area (Å²) in [6, 6.07) is 5.46. The minimum atomic E-state index is -3.17. The average molecular weight is 268 g/mol. The van der Waals surface area contributed by atoms with Gasteiger partial charge >= 0.3 is 0 Å². The van der Waals surface area contributed by atoms with Gasteiger partial charge in [0.2, 0.25) is 10.0 Å². The molecule has 1 rings (SSSR count). The van der Waals surface area contributed by atoms with Gasteiger partial charge in [-0.15, -0.1) is 0 Å². The molecular formula is C11H16N4O2S. The predicted molar refractivity (Wildman–Crippen MR) is 69.6 cm³/mol. The Balaban J connectivity index is 2.55. The zero-order valence-corrected chi connectivity index (χ0v) is 11.2. The Morgan fingerprint density at radius 3 is 2.72 bits per heavy atom. The third-order valence-electron chi connectivity index (χ3n) is 2.27. The minimum Gasteiger partial charge on any atom is -0.368 e. The second kappa shape index (κ2) is 6.33. The number of rotatable bonds is 6. The van der Waals surface area contributed by atoms with Gasteiger partial charge in [-0.1, -0.05) is 0 Å². The number of nitrogens with zero attached hydrogens (tertiary/aromatic N) is 2. The molecule has 1 aromatic rings. The lowest BCUT2D eigenvalue weighted by Gasteiger charge is -2.08. The molecule has 6 nitrogen and oxygen atoms in total. The Bertz CT molecular complexity index is 549. The van der Waals surface area contributed by atoms with Crippen molar-refractivity contribution < 1.29 is 8.42 Å². The molecule has 0 aromatic carbocycles. The first-order valence-electron chi connectivity index (χ1n) is 5.57. The van der Waals surface area contributed by atoms with E-state index in [2.05, 4.69) is 15.0 Å². The van der Waals surface area contributed by atoms with E-state index in [1.54, 1.807) is 19.1 Å². The van der Waals surface area contributed by atoms with E-state index in [0.717, 1.165) is 5.69 Å². The third kappa shape index (κ3) is 4.31. The zero-order chi connectivity index (χ0) is 13.6. The monoisotopic (exact) mass is 268 g/mol. The van der Waals surface area contributed by atoms with Crippen LogP contribution in [0.4, 0.5) is 5.82 Å². The molecule has 0 saturated heterocycles. The lowest BCUT2D eigenvalue weighted by Crippen LogP contribution is -2.30. The standard InChI is InChI=1S/C11H16N4O2S/c1-3-18(16,17)14-7-6-13-11-10(8-12)5-4-9(2)15-11/h4-5,14H,3,6-7H2,1-2H3,(H,13,15). The van der Waals surface area contributed by atoms with E-state index in [1.165, 1.54) is 0 Å². The normalized spacial score (nSPS) is 10.9. The van der Waals surface area contributed by atoms with Gasteiger partial charge in [0.05, 0.1) is 11.3 Å². The van der Waals surface area contributed by atoms with E-state index >= 15 is 0 Å². The van der Waals surface area contributed by atoms with Gasteiger partial charge in [0.15, 0.2) is 0 Å². The molecule has 1 heterocycles. The van der Waals surface area contributed by atoms with Crippen molar-refractivity contribution >= 4 is 15.8 Å². The smallest absolute Gasteiger partial charge is 0.211 e. The molecule has 0 amide bonds. The summed E-state index contributed by atoms with van der Waals surface area (Å²) in [6.07, 6.45) is 0. The summed E-state index contributed by atoms with van der Waals surface area (Å²) in [5.41, 5.74) is 1.24. The Morgan fingerprint density at radius 2 is 2.11 bits per heavy atom. The number of anilines is 1. The van der Waals surface area contributed by atoms with Crippen molar-refractivity contribution in [3.8, 4) is 6.07 Å². The van der Waals surface area contributed by atoms with Crippen molar-refractivity contribution in [2.75, 3.05) is 24.2 Å². The van der Waals surface area contributed by atoms with Crippen LogP contribution in [-0.2, 0) is 10.0 Å². The first-order valence-corrected chi connectivity index (χ1v) is 7.22. The molecule has 1 aromatic heterocycles. The van der Waals surface area contributed by atoms with Crippen LogP contribution in [-0.4, -0.2) is 32.2 Å². The van der Waals surface area contributed by atoms with Crippen LogP contribution in [0.15, 0.2) is 12.1 Å².